The summed E-state index contributed by atoms with van der Waals surface area (Å²) in [6.45, 7) is 9.79. The molecule has 0 atom stereocenters. The van der Waals surface area contributed by atoms with Crippen LogP contribution in [0, 0.1) is 0 Å². The van der Waals surface area contributed by atoms with Crippen molar-refractivity contribution in [2.45, 2.75) is 13.8 Å². The predicted molar refractivity (Wildman–Crippen MR) is 67.7 cm³/mol. The minimum atomic E-state index is -0.0296. The smallest absolute Gasteiger partial charge is 0.240 e. The van der Waals surface area contributed by atoms with E-state index in [0.717, 1.165) is 18.7 Å². The Morgan fingerprint density at radius 1 is 1.62 bits per heavy atom. The Labute approximate surface area is 100.0 Å². The van der Waals surface area contributed by atoms with Gasteiger partial charge in [0.15, 0.2) is 5.13 Å². The number of nitrogens with zero attached hydrogens (tertiary/aromatic N) is 2. The highest BCUT2D eigenvalue weighted by atomic mass is 32.1. The molecule has 0 radical (unpaired) electrons. The maximum Gasteiger partial charge on any atom is 0.240 e. The number of carbonyl (C=O) groups excluding carboxylic acids is 1. The maximum absolute atomic E-state index is 11.6. The van der Waals surface area contributed by atoms with Gasteiger partial charge < -0.3 is 5.32 Å². The van der Waals surface area contributed by atoms with Gasteiger partial charge in [-0.05, 0) is 13.5 Å². The molecule has 0 fully saturated rings. The third-order valence-electron chi connectivity index (χ3n) is 1.99. The Morgan fingerprint density at radius 3 is 2.88 bits per heavy atom. The summed E-state index contributed by atoms with van der Waals surface area (Å²) in [6, 6.07) is 0. The number of amides is 1. The predicted octanol–water partition coefficient (Wildman–Crippen LogP) is 1.98. The van der Waals surface area contributed by atoms with Crippen LogP contribution < -0.4 is 5.32 Å². The molecule has 0 bridgehead atoms. The lowest BCUT2D eigenvalue weighted by molar-refractivity contribution is -0.117. The molecule has 1 heterocycles. The molecule has 0 unspecified atom stereocenters. The zero-order chi connectivity index (χ0) is 12.0. The van der Waals surface area contributed by atoms with Gasteiger partial charge in [0.2, 0.25) is 5.91 Å². The highest BCUT2D eigenvalue weighted by Gasteiger charge is 2.09. The fourth-order valence-electron chi connectivity index (χ4n) is 1.31. The van der Waals surface area contributed by atoms with Crippen molar-refractivity contribution in [2.75, 3.05) is 25.0 Å². The quantitative estimate of drug-likeness (QED) is 0.772. The first-order valence-corrected chi connectivity index (χ1v) is 6.06. The van der Waals surface area contributed by atoms with E-state index in [1.54, 1.807) is 6.20 Å². The van der Waals surface area contributed by atoms with Crippen LogP contribution in [0.5, 0.6) is 0 Å². The van der Waals surface area contributed by atoms with E-state index in [-0.39, 0.29) is 5.91 Å². The van der Waals surface area contributed by atoms with Gasteiger partial charge in [0.25, 0.3) is 0 Å². The Morgan fingerprint density at radius 2 is 2.38 bits per heavy atom. The topological polar surface area (TPSA) is 45.2 Å². The number of anilines is 1. The number of hydrogen-bond donors (Lipinski definition) is 1. The van der Waals surface area contributed by atoms with E-state index in [9.17, 15) is 4.79 Å². The molecular weight excluding hydrogens is 222 g/mol. The first-order chi connectivity index (χ1) is 7.61. The van der Waals surface area contributed by atoms with Crippen molar-refractivity contribution >= 4 is 22.4 Å². The molecule has 88 valence electrons. The molecule has 0 aromatic carbocycles. The second kappa shape index (κ2) is 6.40. The standard InChI is InChI=1S/C11H17N3OS/c1-4-14(7-9(2)3)8-10(15)13-11-12-5-6-16-11/h5-6H,2,4,7-8H2,1,3H3,(H,12,13,15). The normalized spacial score (nSPS) is 10.4. The SMILES string of the molecule is C=C(C)CN(CC)CC(=O)Nc1nccs1. The Kier molecular flexibility index (Phi) is 5.14. The second-order valence-electron chi connectivity index (χ2n) is 3.65. The molecular formula is C11H17N3OS. The molecule has 0 aliphatic rings. The lowest BCUT2D eigenvalue weighted by Gasteiger charge is -2.19. The van der Waals surface area contributed by atoms with Gasteiger partial charge in [-0.25, -0.2) is 4.98 Å². The van der Waals surface area contributed by atoms with Crippen LogP contribution in [-0.4, -0.2) is 35.4 Å². The Hall–Kier alpha value is -1.20. The van der Waals surface area contributed by atoms with Crippen LogP contribution in [0.2, 0.25) is 0 Å². The molecule has 1 rings (SSSR count). The number of hydrogen-bond acceptors (Lipinski definition) is 4. The fraction of sp³-hybridized carbons (Fsp3) is 0.455. The van der Waals surface area contributed by atoms with Gasteiger partial charge in [-0.3, -0.25) is 9.69 Å². The van der Waals surface area contributed by atoms with Crippen LogP contribution in [0.25, 0.3) is 0 Å². The highest BCUT2D eigenvalue weighted by Crippen LogP contribution is 2.10. The van der Waals surface area contributed by atoms with Crippen molar-refractivity contribution in [1.29, 1.82) is 0 Å². The molecule has 0 saturated heterocycles. The van der Waals surface area contributed by atoms with E-state index < -0.39 is 0 Å². The van der Waals surface area contributed by atoms with Gasteiger partial charge in [0.1, 0.15) is 0 Å². The summed E-state index contributed by atoms with van der Waals surface area (Å²) in [5, 5.41) is 5.24. The monoisotopic (exact) mass is 239 g/mol. The van der Waals surface area contributed by atoms with Crippen molar-refractivity contribution in [3.05, 3.63) is 23.7 Å². The van der Waals surface area contributed by atoms with Crippen LogP contribution in [0.15, 0.2) is 23.7 Å². The molecule has 5 heteroatoms. The average Bonchev–Trinajstić information content (AvgIpc) is 2.68. The van der Waals surface area contributed by atoms with Crippen LogP contribution in [0.3, 0.4) is 0 Å². The van der Waals surface area contributed by atoms with E-state index in [1.807, 2.05) is 24.1 Å². The Bertz CT molecular complexity index is 348. The molecule has 1 amide bonds. The molecule has 1 aromatic heterocycles. The first-order valence-electron chi connectivity index (χ1n) is 5.18. The summed E-state index contributed by atoms with van der Waals surface area (Å²) >= 11 is 1.42. The molecule has 4 nitrogen and oxygen atoms in total. The summed E-state index contributed by atoms with van der Waals surface area (Å²) in [4.78, 5) is 17.7. The number of carbonyl (C=O) groups is 1. The van der Waals surface area contributed by atoms with Crippen LogP contribution in [0.4, 0.5) is 5.13 Å². The minimum Gasteiger partial charge on any atom is -0.301 e. The van der Waals surface area contributed by atoms with Crippen molar-refractivity contribution in [2.24, 2.45) is 0 Å². The lowest BCUT2D eigenvalue weighted by Crippen LogP contribution is -2.34. The maximum atomic E-state index is 11.6. The number of likely N-dealkylation sites (N-methyl/N-ethyl adjacent to an activating group) is 1. The zero-order valence-corrected chi connectivity index (χ0v) is 10.5. The molecule has 0 aliphatic heterocycles. The van der Waals surface area contributed by atoms with Gasteiger partial charge in [0.05, 0.1) is 6.54 Å². The van der Waals surface area contributed by atoms with Crippen molar-refractivity contribution in [3.8, 4) is 0 Å². The fourth-order valence-corrected chi connectivity index (χ4v) is 1.85. The zero-order valence-electron chi connectivity index (χ0n) is 9.69. The van der Waals surface area contributed by atoms with E-state index in [1.165, 1.54) is 11.3 Å². The summed E-state index contributed by atoms with van der Waals surface area (Å²) in [5.41, 5.74) is 1.06. The largest absolute Gasteiger partial charge is 0.301 e. The highest BCUT2D eigenvalue weighted by molar-refractivity contribution is 7.13. The average molecular weight is 239 g/mol. The minimum absolute atomic E-state index is 0.0296. The summed E-state index contributed by atoms with van der Waals surface area (Å²) < 4.78 is 0. The molecule has 1 N–H and O–H groups in total. The molecule has 1 aromatic rings. The number of nitrogens with one attached hydrogen (secondary N) is 1. The van der Waals surface area contributed by atoms with Crippen LogP contribution in [-0.2, 0) is 4.79 Å². The molecule has 0 aliphatic carbocycles. The first kappa shape index (κ1) is 12.9. The van der Waals surface area contributed by atoms with Crippen molar-refractivity contribution in [3.63, 3.8) is 0 Å². The van der Waals surface area contributed by atoms with Crippen LogP contribution >= 0.6 is 11.3 Å². The number of aromatic nitrogens is 1. The lowest BCUT2D eigenvalue weighted by atomic mass is 10.3. The second-order valence-corrected chi connectivity index (χ2v) is 4.54. The van der Waals surface area contributed by atoms with E-state index in [2.05, 4.69) is 16.9 Å². The van der Waals surface area contributed by atoms with Gasteiger partial charge in [-0.2, -0.15) is 0 Å². The van der Waals surface area contributed by atoms with Crippen molar-refractivity contribution in [1.82, 2.24) is 9.88 Å². The molecule has 0 saturated carbocycles. The number of thiazole rings is 1. The van der Waals surface area contributed by atoms with Gasteiger partial charge >= 0.3 is 0 Å². The third-order valence-corrected chi connectivity index (χ3v) is 2.68. The molecule has 0 spiro atoms. The summed E-state index contributed by atoms with van der Waals surface area (Å²) in [7, 11) is 0. The Balaban J connectivity index is 2.40. The third kappa shape index (κ3) is 4.55. The summed E-state index contributed by atoms with van der Waals surface area (Å²) in [5.74, 6) is -0.0296. The van der Waals surface area contributed by atoms with E-state index >= 15 is 0 Å². The van der Waals surface area contributed by atoms with Crippen molar-refractivity contribution < 1.29 is 4.79 Å². The van der Waals surface area contributed by atoms with Gasteiger partial charge in [0, 0.05) is 18.1 Å². The van der Waals surface area contributed by atoms with Crippen LogP contribution in [0.1, 0.15) is 13.8 Å². The summed E-state index contributed by atoms with van der Waals surface area (Å²) in [6.07, 6.45) is 1.67. The number of rotatable bonds is 6. The van der Waals surface area contributed by atoms with Gasteiger partial charge in [-0.1, -0.05) is 19.1 Å². The molecule has 16 heavy (non-hydrogen) atoms. The van der Waals surface area contributed by atoms with E-state index in [4.69, 9.17) is 0 Å². The van der Waals surface area contributed by atoms with Gasteiger partial charge in [-0.15, -0.1) is 11.3 Å². The van der Waals surface area contributed by atoms with E-state index in [0.29, 0.717) is 11.7 Å².